The highest BCUT2D eigenvalue weighted by atomic mass is 16.7. The summed E-state index contributed by atoms with van der Waals surface area (Å²) >= 11 is 0. The lowest BCUT2D eigenvalue weighted by molar-refractivity contribution is -0.417. The molecule has 3 rings (SSSR count). The third-order valence-corrected chi connectivity index (χ3v) is 4.09. The van der Waals surface area contributed by atoms with Crippen LogP contribution in [0.25, 0.3) is 0 Å². The van der Waals surface area contributed by atoms with Crippen LogP contribution in [0.1, 0.15) is 12.8 Å². The van der Waals surface area contributed by atoms with Crippen molar-refractivity contribution in [2.75, 3.05) is 33.9 Å². The molecule has 0 aromatic rings. The van der Waals surface area contributed by atoms with E-state index in [2.05, 4.69) is 0 Å². The average Bonchev–Trinajstić information content (AvgIpc) is 2.37. The second-order valence-electron chi connectivity index (χ2n) is 5.63. The third kappa shape index (κ3) is 2.40. The summed E-state index contributed by atoms with van der Waals surface area (Å²) in [5.41, 5.74) is -1.61. The SMILES string of the molecule is CN(C)CCO[C@]12CC[C@@](O)(C(O)[C@@H]1O)[C@H](CO)O2. The highest BCUT2D eigenvalue weighted by Gasteiger charge is 2.65. The van der Waals surface area contributed by atoms with Gasteiger partial charge in [-0.3, -0.25) is 0 Å². The summed E-state index contributed by atoms with van der Waals surface area (Å²) in [5.74, 6) is -1.34. The lowest BCUT2D eigenvalue weighted by atomic mass is 9.70. The first-order chi connectivity index (χ1) is 8.85. The number of fused-ring (bicyclic) bond motifs is 3. The molecule has 3 aliphatic rings. The molecule has 0 spiro atoms. The van der Waals surface area contributed by atoms with Crippen LogP contribution in [0.2, 0.25) is 0 Å². The Bertz CT molecular complexity index is 323. The molecular weight excluding hydrogens is 254 g/mol. The second kappa shape index (κ2) is 5.25. The lowest BCUT2D eigenvalue weighted by Crippen LogP contribution is -2.76. The first-order valence-corrected chi connectivity index (χ1v) is 6.51. The van der Waals surface area contributed by atoms with Crippen molar-refractivity contribution in [3.63, 3.8) is 0 Å². The van der Waals surface area contributed by atoms with Gasteiger partial charge in [-0.05, 0) is 20.5 Å². The summed E-state index contributed by atoms with van der Waals surface area (Å²) in [6.45, 7) is 0.536. The number of rotatable bonds is 5. The van der Waals surface area contributed by atoms with E-state index in [0.717, 1.165) is 0 Å². The van der Waals surface area contributed by atoms with E-state index in [9.17, 15) is 20.4 Å². The van der Waals surface area contributed by atoms with E-state index in [1.807, 2.05) is 19.0 Å². The van der Waals surface area contributed by atoms with Crippen molar-refractivity contribution >= 4 is 0 Å². The number of aliphatic hydroxyl groups is 4. The van der Waals surface area contributed by atoms with Gasteiger partial charge in [0, 0.05) is 13.0 Å². The Kier molecular flexibility index (Phi) is 4.18. The van der Waals surface area contributed by atoms with Gasteiger partial charge in [0.05, 0.1) is 13.2 Å². The number of likely N-dealkylation sites (N-methyl/N-ethyl adjacent to an activating group) is 1. The zero-order valence-electron chi connectivity index (χ0n) is 11.3. The van der Waals surface area contributed by atoms with Gasteiger partial charge in [0.15, 0.2) is 5.79 Å². The molecule has 2 saturated heterocycles. The summed E-state index contributed by atoms with van der Waals surface area (Å²) in [5, 5.41) is 39.7. The molecule has 2 heterocycles. The minimum Gasteiger partial charge on any atom is -0.394 e. The Morgan fingerprint density at radius 2 is 1.95 bits per heavy atom. The third-order valence-electron chi connectivity index (χ3n) is 4.09. The molecule has 0 aromatic carbocycles. The predicted octanol–water partition coefficient (Wildman–Crippen LogP) is -2.10. The van der Waals surface area contributed by atoms with Crippen LogP contribution in [0.4, 0.5) is 0 Å². The molecule has 0 amide bonds. The van der Waals surface area contributed by atoms with Crippen LogP contribution in [0.3, 0.4) is 0 Å². The Hall–Kier alpha value is -0.280. The maximum absolute atomic E-state index is 10.3. The number of aliphatic hydroxyl groups excluding tert-OH is 3. The van der Waals surface area contributed by atoms with Crippen molar-refractivity contribution in [2.45, 2.75) is 42.5 Å². The quantitative estimate of drug-likeness (QED) is 0.456. The fourth-order valence-electron chi connectivity index (χ4n) is 2.79. The van der Waals surface area contributed by atoms with E-state index in [0.29, 0.717) is 13.2 Å². The minimum absolute atomic E-state index is 0.221. The van der Waals surface area contributed by atoms with Gasteiger partial charge in [0.1, 0.15) is 23.9 Å². The Balaban J connectivity index is 2.11. The van der Waals surface area contributed by atoms with Gasteiger partial charge in [-0.1, -0.05) is 0 Å². The summed E-state index contributed by atoms with van der Waals surface area (Å²) < 4.78 is 11.2. The van der Waals surface area contributed by atoms with E-state index in [1.54, 1.807) is 0 Å². The normalized spacial score (nSPS) is 45.9. The monoisotopic (exact) mass is 277 g/mol. The van der Waals surface area contributed by atoms with E-state index in [1.165, 1.54) is 0 Å². The van der Waals surface area contributed by atoms with Crippen molar-refractivity contribution in [3.8, 4) is 0 Å². The number of hydrogen-bond donors (Lipinski definition) is 4. The van der Waals surface area contributed by atoms with E-state index < -0.39 is 36.3 Å². The molecule has 1 saturated carbocycles. The van der Waals surface area contributed by atoms with Gasteiger partial charge >= 0.3 is 0 Å². The molecular formula is C12H23NO6. The van der Waals surface area contributed by atoms with Crippen LogP contribution in [0.15, 0.2) is 0 Å². The van der Waals surface area contributed by atoms with Gasteiger partial charge in [0.25, 0.3) is 0 Å². The van der Waals surface area contributed by atoms with Crippen molar-refractivity contribution in [2.24, 2.45) is 0 Å². The molecule has 19 heavy (non-hydrogen) atoms. The molecule has 4 N–H and O–H groups in total. The Morgan fingerprint density at radius 1 is 1.26 bits per heavy atom. The van der Waals surface area contributed by atoms with Gasteiger partial charge in [-0.2, -0.15) is 0 Å². The first kappa shape index (κ1) is 15.1. The topological polar surface area (TPSA) is 103 Å². The van der Waals surface area contributed by atoms with Crippen LogP contribution in [0, 0.1) is 0 Å². The standard InChI is InChI=1S/C12H23NO6/c1-13(2)5-6-18-12-4-3-11(17,8(7-14)19-12)9(15)10(12)16/h8-10,14-17H,3-7H2,1-2H3/t8-,9?,10-,11-,12-/m0/s1. The van der Waals surface area contributed by atoms with E-state index in [4.69, 9.17) is 9.47 Å². The van der Waals surface area contributed by atoms with Crippen molar-refractivity contribution in [1.82, 2.24) is 4.90 Å². The van der Waals surface area contributed by atoms with Gasteiger partial charge in [-0.15, -0.1) is 0 Å². The fourth-order valence-corrected chi connectivity index (χ4v) is 2.79. The molecule has 1 unspecified atom stereocenters. The van der Waals surface area contributed by atoms with E-state index in [-0.39, 0.29) is 12.8 Å². The highest BCUT2D eigenvalue weighted by molar-refractivity contribution is 5.11. The van der Waals surface area contributed by atoms with Crippen LogP contribution in [-0.4, -0.2) is 88.9 Å². The zero-order chi connectivity index (χ0) is 14.3. The zero-order valence-corrected chi connectivity index (χ0v) is 11.3. The Morgan fingerprint density at radius 3 is 2.53 bits per heavy atom. The van der Waals surface area contributed by atoms with Crippen LogP contribution >= 0.6 is 0 Å². The number of nitrogens with zero attached hydrogens (tertiary/aromatic N) is 1. The Labute approximate surface area is 112 Å². The summed E-state index contributed by atoms with van der Waals surface area (Å²) in [4.78, 5) is 1.92. The molecule has 7 nitrogen and oxygen atoms in total. The summed E-state index contributed by atoms with van der Waals surface area (Å²) in [6.07, 6.45) is -3.15. The molecule has 2 bridgehead atoms. The summed E-state index contributed by atoms with van der Waals surface area (Å²) in [7, 11) is 3.79. The number of ether oxygens (including phenoxy) is 2. The maximum Gasteiger partial charge on any atom is 0.197 e. The largest absolute Gasteiger partial charge is 0.394 e. The summed E-state index contributed by atoms with van der Waals surface area (Å²) in [6, 6.07) is 0. The van der Waals surface area contributed by atoms with Crippen molar-refractivity contribution < 1.29 is 29.9 Å². The smallest absolute Gasteiger partial charge is 0.197 e. The van der Waals surface area contributed by atoms with Crippen molar-refractivity contribution in [3.05, 3.63) is 0 Å². The van der Waals surface area contributed by atoms with Crippen molar-refractivity contribution in [1.29, 1.82) is 0 Å². The minimum atomic E-state index is -1.61. The molecule has 0 aromatic heterocycles. The number of hydrogen-bond acceptors (Lipinski definition) is 7. The molecule has 0 radical (unpaired) electrons. The van der Waals surface area contributed by atoms with Crippen LogP contribution in [-0.2, 0) is 9.47 Å². The van der Waals surface area contributed by atoms with Crippen LogP contribution in [0.5, 0.6) is 0 Å². The maximum atomic E-state index is 10.3. The van der Waals surface area contributed by atoms with Gasteiger partial charge in [0.2, 0.25) is 0 Å². The second-order valence-corrected chi connectivity index (χ2v) is 5.63. The predicted molar refractivity (Wildman–Crippen MR) is 65.4 cm³/mol. The lowest BCUT2D eigenvalue weighted by Gasteiger charge is -2.58. The molecule has 2 aliphatic heterocycles. The van der Waals surface area contributed by atoms with Gasteiger partial charge < -0.3 is 34.8 Å². The molecule has 5 atom stereocenters. The molecule has 112 valence electrons. The fraction of sp³-hybridized carbons (Fsp3) is 1.00. The molecule has 3 fully saturated rings. The molecule has 7 heteroatoms. The van der Waals surface area contributed by atoms with E-state index >= 15 is 0 Å². The average molecular weight is 277 g/mol. The highest BCUT2D eigenvalue weighted by Crippen LogP contribution is 2.47. The van der Waals surface area contributed by atoms with Gasteiger partial charge in [-0.25, -0.2) is 0 Å². The van der Waals surface area contributed by atoms with Crippen LogP contribution < -0.4 is 0 Å². The molecule has 1 aliphatic carbocycles. The first-order valence-electron chi connectivity index (χ1n) is 6.51.